The van der Waals surface area contributed by atoms with Crippen molar-refractivity contribution in [3.8, 4) is 0 Å². The Morgan fingerprint density at radius 1 is 1.14 bits per heavy atom. The van der Waals surface area contributed by atoms with Crippen LogP contribution < -0.4 is 5.32 Å². The van der Waals surface area contributed by atoms with Crippen LogP contribution in [-0.4, -0.2) is 44.9 Å². The summed E-state index contributed by atoms with van der Waals surface area (Å²) < 4.78 is 32.5. The summed E-state index contributed by atoms with van der Waals surface area (Å²) in [4.78, 5) is 12.7. The molecule has 1 aliphatic carbocycles. The summed E-state index contributed by atoms with van der Waals surface area (Å²) in [5, 5.41) is 3.12. The smallest absolute Gasteiger partial charge is 0.251 e. The Kier molecular flexibility index (Phi) is 5.42. The number of sulfonamides is 1. The van der Waals surface area contributed by atoms with Crippen molar-refractivity contribution in [2.75, 3.05) is 26.3 Å². The second-order valence-electron chi connectivity index (χ2n) is 6.93. The first-order valence-corrected chi connectivity index (χ1v) is 11.0. The summed E-state index contributed by atoms with van der Waals surface area (Å²) in [7, 11) is -3.78. The zero-order valence-electron chi connectivity index (χ0n) is 15.2. The number of hydrogen-bond donors (Lipinski definition) is 1. The molecular formula is C20H21ClN2O4S. The molecule has 1 atom stereocenters. The van der Waals surface area contributed by atoms with Gasteiger partial charge in [-0.25, -0.2) is 8.42 Å². The van der Waals surface area contributed by atoms with Crippen LogP contribution in [0.4, 0.5) is 0 Å². The van der Waals surface area contributed by atoms with E-state index in [-0.39, 0.29) is 40.5 Å². The van der Waals surface area contributed by atoms with Crippen LogP contribution in [0.25, 0.3) is 0 Å². The number of hydrogen-bond acceptors (Lipinski definition) is 4. The second-order valence-corrected chi connectivity index (χ2v) is 9.24. The minimum absolute atomic E-state index is 0.0458. The zero-order chi connectivity index (χ0) is 19.7. The van der Waals surface area contributed by atoms with Gasteiger partial charge in [0, 0.05) is 18.7 Å². The summed E-state index contributed by atoms with van der Waals surface area (Å²) in [6.07, 6.45) is 1.75. The van der Waals surface area contributed by atoms with E-state index in [1.165, 1.54) is 22.0 Å². The predicted octanol–water partition coefficient (Wildman–Crippen LogP) is 2.78. The van der Waals surface area contributed by atoms with Crippen molar-refractivity contribution in [2.24, 2.45) is 0 Å². The molecular weight excluding hydrogens is 400 g/mol. The van der Waals surface area contributed by atoms with Gasteiger partial charge in [0.15, 0.2) is 0 Å². The fraction of sp³-hybridized carbons (Fsp3) is 0.350. The monoisotopic (exact) mass is 420 g/mol. The first-order chi connectivity index (χ1) is 13.5. The molecule has 2 aromatic carbocycles. The Hall–Kier alpha value is -1.93. The number of benzene rings is 2. The molecule has 1 amide bonds. The van der Waals surface area contributed by atoms with Crippen molar-refractivity contribution in [3.05, 3.63) is 64.2 Å². The van der Waals surface area contributed by atoms with E-state index < -0.39 is 10.0 Å². The van der Waals surface area contributed by atoms with E-state index in [1.54, 1.807) is 6.07 Å². The molecule has 0 saturated carbocycles. The van der Waals surface area contributed by atoms with Crippen molar-refractivity contribution < 1.29 is 17.9 Å². The number of amides is 1. The average Bonchev–Trinajstić information content (AvgIpc) is 3.12. The highest BCUT2D eigenvalue weighted by Crippen LogP contribution is 2.31. The van der Waals surface area contributed by atoms with E-state index in [0.29, 0.717) is 13.2 Å². The molecule has 2 aliphatic rings. The van der Waals surface area contributed by atoms with Crippen LogP contribution in [0.15, 0.2) is 47.4 Å². The lowest BCUT2D eigenvalue weighted by Crippen LogP contribution is -2.40. The van der Waals surface area contributed by atoms with Gasteiger partial charge in [0.05, 0.1) is 24.3 Å². The van der Waals surface area contributed by atoms with E-state index in [4.69, 9.17) is 16.3 Å². The fourth-order valence-corrected chi connectivity index (χ4v) is 5.63. The lowest BCUT2D eigenvalue weighted by Gasteiger charge is -2.26. The van der Waals surface area contributed by atoms with E-state index in [2.05, 4.69) is 11.4 Å². The molecule has 1 N–H and O–H groups in total. The first kappa shape index (κ1) is 19.4. The third-order valence-corrected chi connectivity index (χ3v) is 7.60. The highest BCUT2D eigenvalue weighted by Gasteiger charge is 2.30. The zero-order valence-corrected chi connectivity index (χ0v) is 16.8. The van der Waals surface area contributed by atoms with Gasteiger partial charge in [-0.2, -0.15) is 4.31 Å². The van der Waals surface area contributed by atoms with Gasteiger partial charge in [-0.05, 0) is 42.2 Å². The average molecular weight is 421 g/mol. The number of halogens is 1. The minimum atomic E-state index is -3.78. The molecule has 0 aromatic heterocycles. The lowest BCUT2D eigenvalue weighted by atomic mass is 10.1. The predicted molar refractivity (Wildman–Crippen MR) is 106 cm³/mol. The third-order valence-electron chi connectivity index (χ3n) is 5.22. The highest BCUT2D eigenvalue weighted by atomic mass is 35.5. The third kappa shape index (κ3) is 3.67. The first-order valence-electron chi connectivity index (χ1n) is 9.23. The Balaban J connectivity index is 1.58. The maximum absolute atomic E-state index is 12.9. The molecule has 148 valence electrons. The van der Waals surface area contributed by atoms with E-state index in [1.807, 2.05) is 18.2 Å². The van der Waals surface area contributed by atoms with Gasteiger partial charge >= 0.3 is 0 Å². The molecule has 2 aromatic rings. The van der Waals surface area contributed by atoms with Gasteiger partial charge in [-0.15, -0.1) is 0 Å². The summed E-state index contributed by atoms with van der Waals surface area (Å²) in [6, 6.07) is 12.3. The molecule has 0 radical (unpaired) electrons. The Morgan fingerprint density at radius 2 is 1.89 bits per heavy atom. The number of fused-ring (bicyclic) bond motifs is 1. The van der Waals surface area contributed by atoms with Crippen molar-refractivity contribution in [1.29, 1.82) is 0 Å². The number of carbonyl (C=O) groups excluding carboxylic acids is 1. The number of nitrogens with one attached hydrogen (secondary N) is 1. The highest BCUT2D eigenvalue weighted by molar-refractivity contribution is 7.89. The molecule has 6 nitrogen and oxygen atoms in total. The van der Waals surface area contributed by atoms with Crippen LogP contribution in [0.1, 0.15) is 33.9 Å². The fourth-order valence-electron chi connectivity index (χ4n) is 3.72. The van der Waals surface area contributed by atoms with Crippen molar-refractivity contribution in [2.45, 2.75) is 23.8 Å². The van der Waals surface area contributed by atoms with Gasteiger partial charge in [0.25, 0.3) is 5.91 Å². The van der Waals surface area contributed by atoms with E-state index in [0.717, 1.165) is 18.4 Å². The Labute approximate surface area is 169 Å². The molecule has 1 aliphatic heterocycles. The van der Waals surface area contributed by atoms with Crippen molar-refractivity contribution in [1.82, 2.24) is 9.62 Å². The Bertz CT molecular complexity index is 1000. The molecule has 4 rings (SSSR count). The van der Waals surface area contributed by atoms with Crippen molar-refractivity contribution >= 4 is 27.5 Å². The molecule has 8 heteroatoms. The summed E-state index contributed by atoms with van der Waals surface area (Å²) in [6.45, 7) is 1.23. The largest absolute Gasteiger partial charge is 0.379 e. The SMILES string of the molecule is O=C(N[C@@H]1CCc2ccccc21)c1ccc(Cl)c(S(=O)(=O)N2CCOCC2)c1. The van der Waals surface area contributed by atoms with Gasteiger partial charge in [0.2, 0.25) is 10.0 Å². The van der Waals surface area contributed by atoms with Crippen LogP contribution in [-0.2, 0) is 21.2 Å². The molecule has 1 saturated heterocycles. The summed E-state index contributed by atoms with van der Waals surface area (Å²) >= 11 is 6.17. The van der Waals surface area contributed by atoms with E-state index in [9.17, 15) is 13.2 Å². The van der Waals surface area contributed by atoms with Crippen LogP contribution >= 0.6 is 11.6 Å². The topological polar surface area (TPSA) is 75.7 Å². The standard InChI is InChI=1S/C20H21ClN2O4S/c21-17-7-5-15(13-19(17)28(25,26)23-9-11-27-12-10-23)20(24)22-18-8-6-14-3-1-2-4-16(14)18/h1-5,7,13,18H,6,8-12H2,(H,22,24)/t18-/m1/s1. The summed E-state index contributed by atoms with van der Waals surface area (Å²) in [5.41, 5.74) is 2.63. The molecule has 1 fully saturated rings. The van der Waals surface area contributed by atoms with Gasteiger partial charge in [0.1, 0.15) is 4.90 Å². The van der Waals surface area contributed by atoms with Crippen LogP contribution in [0, 0.1) is 0 Å². The van der Waals surface area contributed by atoms with Gasteiger partial charge in [-0.3, -0.25) is 4.79 Å². The van der Waals surface area contributed by atoms with Crippen LogP contribution in [0.5, 0.6) is 0 Å². The van der Waals surface area contributed by atoms with Gasteiger partial charge in [-0.1, -0.05) is 35.9 Å². The number of ether oxygens (including phenoxy) is 1. The summed E-state index contributed by atoms with van der Waals surface area (Å²) in [5.74, 6) is -0.309. The normalized spacial score (nSPS) is 20.0. The molecule has 0 spiro atoms. The van der Waals surface area contributed by atoms with Crippen molar-refractivity contribution in [3.63, 3.8) is 0 Å². The molecule has 0 bridgehead atoms. The molecule has 1 heterocycles. The molecule has 28 heavy (non-hydrogen) atoms. The van der Waals surface area contributed by atoms with E-state index >= 15 is 0 Å². The molecule has 0 unspecified atom stereocenters. The number of rotatable bonds is 4. The maximum atomic E-state index is 12.9. The number of morpholine rings is 1. The number of nitrogens with zero attached hydrogens (tertiary/aromatic N) is 1. The Morgan fingerprint density at radius 3 is 2.68 bits per heavy atom. The quantitative estimate of drug-likeness (QED) is 0.825. The second kappa shape index (κ2) is 7.83. The van der Waals surface area contributed by atoms with Crippen LogP contribution in [0.2, 0.25) is 5.02 Å². The maximum Gasteiger partial charge on any atom is 0.251 e. The minimum Gasteiger partial charge on any atom is -0.379 e. The number of carbonyl (C=O) groups is 1. The number of aryl methyl sites for hydroxylation is 1. The van der Waals surface area contributed by atoms with Crippen LogP contribution in [0.3, 0.4) is 0 Å². The lowest BCUT2D eigenvalue weighted by molar-refractivity contribution is 0.0730. The van der Waals surface area contributed by atoms with Gasteiger partial charge < -0.3 is 10.1 Å².